The Balaban J connectivity index is 0.00000341. The number of aliphatic hydroxyl groups is 1. The van der Waals surface area contributed by atoms with E-state index < -0.39 is 5.60 Å². The zero-order chi connectivity index (χ0) is 21.4. The molecule has 6 nitrogen and oxygen atoms in total. The first-order chi connectivity index (χ1) is 14.5. The van der Waals surface area contributed by atoms with Crippen molar-refractivity contribution in [2.75, 3.05) is 45.9 Å². The van der Waals surface area contributed by atoms with Crippen LogP contribution in [-0.2, 0) is 10.3 Å². The van der Waals surface area contributed by atoms with Crippen LogP contribution in [0.1, 0.15) is 30.3 Å². The van der Waals surface area contributed by atoms with Crippen LogP contribution in [0.4, 0.5) is 4.39 Å². The predicted molar refractivity (Wildman–Crippen MR) is 135 cm³/mol. The highest BCUT2D eigenvalue weighted by atomic mass is 127. The summed E-state index contributed by atoms with van der Waals surface area (Å²) >= 11 is 1.52. The van der Waals surface area contributed by atoms with Crippen molar-refractivity contribution in [1.29, 1.82) is 0 Å². The van der Waals surface area contributed by atoms with Crippen molar-refractivity contribution in [3.63, 3.8) is 0 Å². The minimum Gasteiger partial charge on any atom is -0.383 e. The molecule has 1 aliphatic heterocycles. The molecule has 172 valence electrons. The largest absolute Gasteiger partial charge is 0.383 e. The molecule has 9 heteroatoms. The van der Waals surface area contributed by atoms with Crippen LogP contribution in [0.2, 0.25) is 0 Å². The van der Waals surface area contributed by atoms with Gasteiger partial charge in [0.25, 0.3) is 0 Å². The minimum atomic E-state index is -1.03. The van der Waals surface area contributed by atoms with Gasteiger partial charge in [0, 0.05) is 31.1 Å². The van der Waals surface area contributed by atoms with E-state index in [2.05, 4.69) is 20.5 Å². The van der Waals surface area contributed by atoms with E-state index in [0.29, 0.717) is 32.3 Å². The Morgan fingerprint density at radius 3 is 2.71 bits per heavy atom. The van der Waals surface area contributed by atoms with E-state index >= 15 is 0 Å². The third-order valence-electron chi connectivity index (χ3n) is 5.12. The van der Waals surface area contributed by atoms with E-state index in [1.807, 2.05) is 30.5 Å². The molecule has 2 heterocycles. The van der Waals surface area contributed by atoms with Crippen molar-refractivity contribution in [1.82, 2.24) is 15.5 Å². The number of morpholine rings is 1. The van der Waals surface area contributed by atoms with Gasteiger partial charge in [0.1, 0.15) is 11.4 Å². The number of nitrogens with one attached hydrogen (secondary N) is 2. The number of hydrogen-bond donors (Lipinski definition) is 3. The summed E-state index contributed by atoms with van der Waals surface area (Å²) in [6.45, 7) is 8.22. The second-order valence-corrected chi connectivity index (χ2v) is 8.49. The van der Waals surface area contributed by atoms with Gasteiger partial charge in [0.15, 0.2) is 5.96 Å². The summed E-state index contributed by atoms with van der Waals surface area (Å²) in [4.78, 5) is 7.79. The Morgan fingerprint density at radius 1 is 1.29 bits per heavy atom. The van der Waals surface area contributed by atoms with Gasteiger partial charge in [0.05, 0.1) is 25.8 Å². The number of guanidine groups is 1. The number of hydrogen-bond acceptors (Lipinski definition) is 5. The van der Waals surface area contributed by atoms with Crippen LogP contribution in [0.15, 0.2) is 46.8 Å². The lowest BCUT2D eigenvalue weighted by atomic mass is 10.0. The quantitative estimate of drug-likeness (QED) is 0.262. The molecule has 3 rings (SSSR count). The monoisotopic (exact) mass is 562 g/mol. The molecule has 1 aromatic carbocycles. The van der Waals surface area contributed by atoms with Gasteiger partial charge in [-0.15, -0.1) is 35.3 Å². The average Bonchev–Trinajstić information content (AvgIpc) is 3.29. The van der Waals surface area contributed by atoms with E-state index in [4.69, 9.17) is 4.74 Å². The van der Waals surface area contributed by atoms with Crippen LogP contribution in [-0.4, -0.2) is 61.9 Å². The maximum absolute atomic E-state index is 13.9. The first-order valence-corrected chi connectivity index (χ1v) is 11.2. The molecule has 31 heavy (non-hydrogen) atoms. The third kappa shape index (κ3) is 7.67. The van der Waals surface area contributed by atoms with Crippen LogP contribution in [0.5, 0.6) is 0 Å². The highest BCUT2D eigenvalue weighted by Crippen LogP contribution is 2.25. The molecule has 0 spiro atoms. The number of aliphatic imine (C=N–C) groups is 1. The highest BCUT2D eigenvalue weighted by Gasteiger charge is 2.25. The summed E-state index contributed by atoms with van der Waals surface area (Å²) in [5.74, 6) is 0.391. The van der Waals surface area contributed by atoms with Crippen molar-refractivity contribution in [3.8, 4) is 0 Å². The normalized spacial score (nSPS) is 18.0. The van der Waals surface area contributed by atoms with E-state index in [1.165, 1.54) is 17.4 Å². The minimum absolute atomic E-state index is 0. The molecule has 1 saturated heterocycles. The number of halogens is 2. The number of benzene rings is 1. The Kier molecular flexibility index (Phi) is 10.6. The van der Waals surface area contributed by atoms with Crippen molar-refractivity contribution < 1.29 is 14.2 Å². The van der Waals surface area contributed by atoms with Crippen LogP contribution >= 0.6 is 35.3 Å². The van der Waals surface area contributed by atoms with Crippen LogP contribution in [0.25, 0.3) is 0 Å². The SMILES string of the molecule is CCNC(=NCC(C)(O)c1cccs1)NCC(c1cccc(F)c1)N1CCOCC1.I. The van der Waals surface area contributed by atoms with E-state index in [9.17, 15) is 9.50 Å². The van der Waals surface area contributed by atoms with Crippen LogP contribution < -0.4 is 10.6 Å². The highest BCUT2D eigenvalue weighted by molar-refractivity contribution is 14.0. The molecule has 0 saturated carbocycles. The molecule has 0 radical (unpaired) electrons. The van der Waals surface area contributed by atoms with Crippen LogP contribution in [0, 0.1) is 5.82 Å². The Bertz CT molecular complexity index is 814. The molecule has 2 unspecified atom stereocenters. The molecule has 0 aliphatic carbocycles. The average molecular weight is 562 g/mol. The third-order valence-corrected chi connectivity index (χ3v) is 6.25. The molecule has 2 aromatic rings. The molecule has 1 aromatic heterocycles. The molecular weight excluding hydrogens is 530 g/mol. The summed E-state index contributed by atoms with van der Waals surface area (Å²) in [6, 6.07) is 10.6. The number of rotatable bonds is 8. The first-order valence-electron chi connectivity index (χ1n) is 10.4. The van der Waals surface area contributed by atoms with E-state index in [-0.39, 0.29) is 42.4 Å². The van der Waals surface area contributed by atoms with Crippen molar-refractivity contribution in [2.45, 2.75) is 25.5 Å². The van der Waals surface area contributed by atoms with E-state index in [0.717, 1.165) is 23.5 Å². The molecule has 1 aliphatic rings. The fourth-order valence-corrected chi connectivity index (χ4v) is 4.27. The Morgan fingerprint density at radius 2 is 2.06 bits per heavy atom. The van der Waals surface area contributed by atoms with Gasteiger partial charge in [-0.2, -0.15) is 0 Å². The number of ether oxygens (including phenoxy) is 1. The van der Waals surface area contributed by atoms with Gasteiger partial charge in [-0.1, -0.05) is 18.2 Å². The molecule has 3 N–H and O–H groups in total. The topological polar surface area (TPSA) is 69.1 Å². The molecule has 1 fully saturated rings. The standard InChI is InChI=1S/C22H31FN4O2S.HI/c1-3-24-21(26-16-22(2,28)20-8-5-13-30-20)25-15-19(27-9-11-29-12-10-27)17-6-4-7-18(23)14-17;/h4-8,13-14,19,28H,3,9-12,15-16H2,1-2H3,(H2,24,25,26);1H. The summed E-state index contributed by atoms with van der Waals surface area (Å²) < 4.78 is 19.4. The Labute approximate surface area is 204 Å². The Hall–Kier alpha value is -1.27. The van der Waals surface area contributed by atoms with Gasteiger partial charge < -0.3 is 20.5 Å². The maximum atomic E-state index is 13.9. The molecule has 0 bridgehead atoms. The first kappa shape index (κ1) is 26.0. The van der Waals surface area contributed by atoms with Gasteiger partial charge in [-0.3, -0.25) is 4.90 Å². The van der Waals surface area contributed by atoms with Gasteiger partial charge in [-0.05, 0) is 43.0 Å². The summed E-state index contributed by atoms with van der Waals surface area (Å²) in [7, 11) is 0. The van der Waals surface area contributed by atoms with Crippen molar-refractivity contribution >= 4 is 41.3 Å². The van der Waals surface area contributed by atoms with Gasteiger partial charge in [0.2, 0.25) is 0 Å². The fourth-order valence-electron chi connectivity index (χ4n) is 3.49. The molecule has 0 amide bonds. The molecular formula is C22H32FIN4O2S. The fraction of sp³-hybridized carbons (Fsp3) is 0.500. The van der Waals surface area contributed by atoms with Gasteiger partial charge >= 0.3 is 0 Å². The van der Waals surface area contributed by atoms with E-state index in [1.54, 1.807) is 19.1 Å². The lowest BCUT2D eigenvalue weighted by Gasteiger charge is -2.35. The number of thiophene rings is 1. The van der Waals surface area contributed by atoms with Crippen LogP contribution in [0.3, 0.4) is 0 Å². The predicted octanol–water partition coefficient (Wildman–Crippen LogP) is 3.34. The molecule has 2 atom stereocenters. The second-order valence-electron chi connectivity index (χ2n) is 7.55. The summed E-state index contributed by atoms with van der Waals surface area (Å²) in [5, 5.41) is 19.3. The summed E-state index contributed by atoms with van der Waals surface area (Å²) in [6.07, 6.45) is 0. The van der Waals surface area contributed by atoms with Crippen molar-refractivity contribution in [2.24, 2.45) is 4.99 Å². The zero-order valence-electron chi connectivity index (χ0n) is 18.0. The second kappa shape index (κ2) is 12.7. The number of nitrogens with zero attached hydrogens (tertiary/aromatic N) is 2. The lowest BCUT2D eigenvalue weighted by molar-refractivity contribution is 0.0169. The smallest absolute Gasteiger partial charge is 0.191 e. The zero-order valence-corrected chi connectivity index (χ0v) is 21.2. The lowest BCUT2D eigenvalue weighted by Crippen LogP contribution is -2.46. The van der Waals surface area contributed by atoms with Crippen molar-refractivity contribution in [3.05, 3.63) is 58.0 Å². The van der Waals surface area contributed by atoms with Gasteiger partial charge in [-0.25, -0.2) is 9.38 Å². The summed E-state index contributed by atoms with van der Waals surface area (Å²) in [5.41, 5.74) is -0.103. The maximum Gasteiger partial charge on any atom is 0.191 e.